The fraction of sp³-hybridized carbons (Fsp3) is 0.667. The van der Waals surface area contributed by atoms with E-state index < -0.39 is 18.0 Å². The van der Waals surface area contributed by atoms with Crippen molar-refractivity contribution < 1.29 is 28.6 Å². The van der Waals surface area contributed by atoms with E-state index in [-0.39, 0.29) is 31.5 Å². The lowest BCUT2D eigenvalue weighted by atomic mass is 10.1. The Bertz CT molecular complexity index is 363. The summed E-state index contributed by atoms with van der Waals surface area (Å²) in [5.41, 5.74) is 0. The van der Waals surface area contributed by atoms with E-state index in [9.17, 15) is 14.4 Å². The second-order valence-corrected chi connectivity index (χ2v) is 4.71. The fourth-order valence-corrected chi connectivity index (χ4v) is 1.25. The summed E-state index contributed by atoms with van der Waals surface area (Å²) in [6, 6.07) is 0. The Morgan fingerprint density at radius 3 is 2.43 bits per heavy atom. The van der Waals surface area contributed by atoms with Gasteiger partial charge >= 0.3 is 17.9 Å². The zero-order valence-electron chi connectivity index (χ0n) is 12.9. The van der Waals surface area contributed by atoms with E-state index in [4.69, 9.17) is 14.2 Å². The molecule has 2 unspecified atom stereocenters. The van der Waals surface area contributed by atoms with E-state index in [1.165, 1.54) is 0 Å². The molecule has 6 nitrogen and oxygen atoms in total. The van der Waals surface area contributed by atoms with Crippen LogP contribution in [0.5, 0.6) is 0 Å². The average molecular weight is 300 g/mol. The van der Waals surface area contributed by atoms with Crippen molar-refractivity contribution in [1.82, 2.24) is 0 Å². The molecule has 0 radical (unpaired) electrons. The van der Waals surface area contributed by atoms with Gasteiger partial charge in [-0.05, 0) is 19.8 Å². The number of ether oxygens (including phenoxy) is 3. The summed E-state index contributed by atoms with van der Waals surface area (Å²) in [5, 5.41) is 0. The zero-order valence-corrected chi connectivity index (χ0v) is 12.9. The van der Waals surface area contributed by atoms with Gasteiger partial charge in [-0.15, -0.1) is 0 Å². The molecule has 0 rings (SSSR count). The monoisotopic (exact) mass is 300 g/mol. The Morgan fingerprint density at radius 2 is 1.86 bits per heavy atom. The van der Waals surface area contributed by atoms with Crippen molar-refractivity contribution in [3.8, 4) is 0 Å². The predicted molar refractivity (Wildman–Crippen MR) is 76.4 cm³/mol. The Morgan fingerprint density at radius 1 is 1.19 bits per heavy atom. The molecule has 0 aromatic rings. The van der Waals surface area contributed by atoms with Crippen LogP contribution in [-0.4, -0.2) is 37.2 Å². The molecule has 0 amide bonds. The van der Waals surface area contributed by atoms with Gasteiger partial charge in [0, 0.05) is 12.5 Å². The first-order valence-corrected chi connectivity index (χ1v) is 7.06. The molecular weight excluding hydrogens is 276 g/mol. The molecule has 6 heteroatoms. The largest absolute Gasteiger partial charge is 0.463 e. The number of esters is 3. The van der Waals surface area contributed by atoms with E-state index in [1.54, 1.807) is 13.8 Å². The molecular formula is C15H24O6. The van der Waals surface area contributed by atoms with Crippen molar-refractivity contribution in [3.05, 3.63) is 12.7 Å². The second-order valence-electron chi connectivity index (χ2n) is 4.71. The summed E-state index contributed by atoms with van der Waals surface area (Å²) in [4.78, 5) is 33.7. The molecule has 0 aliphatic rings. The van der Waals surface area contributed by atoms with Crippen LogP contribution in [0.3, 0.4) is 0 Å². The van der Waals surface area contributed by atoms with Crippen molar-refractivity contribution in [3.63, 3.8) is 0 Å². The van der Waals surface area contributed by atoms with Crippen LogP contribution < -0.4 is 0 Å². The molecule has 2 atom stereocenters. The maximum Gasteiger partial charge on any atom is 0.330 e. The summed E-state index contributed by atoms with van der Waals surface area (Å²) in [6.45, 7) is 8.76. The maximum atomic E-state index is 11.5. The molecule has 0 heterocycles. The lowest BCUT2D eigenvalue weighted by Crippen LogP contribution is -2.25. The maximum absolute atomic E-state index is 11.5. The van der Waals surface area contributed by atoms with Crippen molar-refractivity contribution in [2.24, 2.45) is 5.92 Å². The fourth-order valence-electron chi connectivity index (χ4n) is 1.25. The summed E-state index contributed by atoms with van der Waals surface area (Å²) in [7, 11) is 0. The van der Waals surface area contributed by atoms with Crippen molar-refractivity contribution >= 4 is 17.9 Å². The SMILES string of the molecule is C=CC(=O)OCCCC(=O)OCC(C)OC(=O)C(C)CC. The molecule has 0 saturated heterocycles. The first kappa shape index (κ1) is 19.1. The van der Waals surface area contributed by atoms with E-state index in [0.717, 1.165) is 6.08 Å². The van der Waals surface area contributed by atoms with Gasteiger partial charge in [-0.3, -0.25) is 9.59 Å². The van der Waals surface area contributed by atoms with Gasteiger partial charge in [0.1, 0.15) is 12.7 Å². The minimum absolute atomic E-state index is 0.0213. The number of rotatable bonds is 10. The van der Waals surface area contributed by atoms with Crippen LogP contribution in [-0.2, 0) is 28.6 Å². The number of hydrogen-bond acceptors (Lipinski definition) is 6. The Balaban J connectivity index is 3.75. The Kier molecular flexibility index (Phi) is 9.92. The first-order chi connectivity index (χ1) is 9.90. The van der Waals surface area contributed by atoms with Gasteiger partial charge in [-0.2, -0.15) is 0 Å². The Hall–Kier alpha value is -1.85. The van der Waals surface area contributed by atoms with E-state index in [0.29, 0.717) is 12.8 Å². The average Bonchev–Trinajstić information content (AvgIpc) is 2.48. The molecule has 0 fully saturated rings. The predicted octanol–water partition coefficient (Wildman–Crippen LogP) is 2.02. The van der Waals surface area contributed by atoms with E-state index in [1.807, 2.05) is 6.92 Å². The van der Waals surface area contributed by atoms with Crippen molar-refractivity contribution in [1.29, 1.82) is 0 Å². The highest BCUT2D eigenvalue weighted by atomic mass is 16.6. The van der Waals surface area contributed by atoms with Crippen LogP contribution in [0, 0.1) is 5.92 Å². The number of hydrogen-bond donors (Lipinski definition) is 0. The summed E-state index contributed by atoms with van der Waals surface area (Å²) < 4.78 is 14.8. The highest BCUT2D eigenvalue weighted by Gasteiger charge is 2.16. The number of carbonyl (C=O) groups is 3. The molecule has 0 aromatic carbocycles. The van der Waals surface area contributed by atoms with Gasteiger partial charge in [-0.25, -0.2) is 4.79 Å². The van der Waals surface area contributed by atoms with Crippen LogP contribution in [0.25, 0.3) is 0 Å². The molecule has 0 N–H and O–H groups in total. The summed E-state index contributed by atoms with van der Waals surface area (Å²) >= 11 is 0. The highest BCUT2D eigenvalue weighted by molar-refractivity contribution is 5.81. The Labute approximate surface area is 125 Å². The smallest absolute Gasteiger partial charge is 0.330 e. The van der Waals surface area contributed by atoms with Crippen molar-refractivity contribution in [2.75, 3.05) is 13.2 Å². The van der Waals surface area contributed by atoms with Crippen LogP contribution in [0.2, 0.25) is 0 Å². The summed E-state index contributed by atoms with van der Waals surface area (Å²) in [5.74, 6) is -1.40. The minimum atomic E-state index is -0.519. The lowest BCUT2D eigenvalue weighted by Gasteiger charge is -2.16. The van der Waals surface area contributed by atoms with Crippen molar-refractivity contribution in [2.45, 2.75) is 46.1 Å². The standard InChI is InChI=1S/C15H24O6/c1-5-11(3)15(18)21-12(4)10-20-14(17)8-7-9-19-13(16)6-2/h6,11-12H,2,5,7-10H2,1,3-4H3. The zero-order chi connectivity index (χ0) is 16.3. The highest BCUT2D eigenvalue weighted by Crippen LogP contribution is 2.06. The minimum Gasteiger partial charge on any atom is -0.463 e. The molecule has 0 saturated carbocycles. The summed E-state index contributed by atoms with van der Waals surface area (Å²) in [6.07, 6.45) is 1.80. The molecule has 0 aromatic heterocycles. The third-order valence-electron chi connectivity index (χ3n) is 2.75. The van der Waals surface area contributed by atoms with Crippen LogP contribution >= 0.6 is 0 Å². The lowest BCUT2D eigenvalue weighted by molar-refractivity contribution is -0.161. The van der Waals surface area contributed by atoms with Gasteiger partial charge in [-0.1, -0.05) is 20.4 Å². The van der Waals surface area contributed by atoms with Gasteiger partial charge < -0.3 is 14.2 Å². The topological polar surface area (TPSA) is 78.9 Å². The third kappa shape index (κ3) is 9.65. The van der Waals surface area contributed by atoms with Crippen LogP contribution in [0.4, 0.5) is 0 Å². The molecule has 120 valence electrons. The molecule has 0 aliphatic heterocycles. The van der Waals surface area contributed by atoms with Gasteiger partial charge in [0.15, 0.2) is 0 Å². The van der Waals surface area contributed by atoms with Crippen LogP contribution in [0.15, 0.2) is 12.7 Å². The van der Waals surface area contributed by atoms with E-state index >= 15 is 0 Å². The second kappa shape index (κ2) is 10.9. The quantitative estimate of drug-likeness (QED) is 0.266. The normalized spacial score (nSPS) is 12.9. The molecule has 0 aliphatic carbocycles. The molecule has 0 spiro atoms. The molecule has 21 heavy (non-hydrogen) atoms. The van der Waals surface area contributed by atoms with E-state index in [2.05, 4.69) is 6.58 Å². The third-order valence-corrected chi connectivity index (χ3v) is 2.75. The van der Waals surface area contributed by atoms with Gasteiger partial charge in [0.2, 0.25) is 0 Å². The number of carbonyl (C=O) groups excluding carboxylic acids is 3. The van der Waals surface area contributed by atoms with Gasteiger partial charge in [0.05, 0.1) is 12.5 Å². The van der Waals surface area contributed by atoms with Crippen LogP contribution in [0.1, 0.15) is 40.0 Å². The first-order valence-electron chi connectivity index (χ1n) is 7.06. The molecule has 0 bridgehead atoms. The van der Waals surface area contributed by atoms with Gasteiger partial charge in [0.25, 0.3) is 0 Å².